The topological polar surface area (TPSA) is 94.7 Å². The van der Waals surface area contributed by atoms with Gasteiger partial charge in [0.05, 0.1) is 26.4 Å². The molecule has 0 spiro atoms. The fourth-order valence-electron chi connectivity index (χ4n) is 10.3. The lowest BCUT2D eigenvalue weighted by atomic mass is 9.53. The van der Waals surface area contributed by atoms with Crippen LogP contribution in [0.3, 0.4) is 0 Å². The van der Waals surface area contributed by atoms with Crippen molar-refractivity contribution in [2.24, 2.45) is 17.3 Å². The number of rotatable bonds is 19. The summed E-state index contributed by atoms with van der Waals surface area (Å²) in [6, 6.07) is 35.5. The summed E-state index contributed by atoms with van der Waals surface area (Å²) in [5.74, 6) is 4.84. The number of hydrogen-bond acceptors (Lipinski definition) is 8. The van der Waals surface area contributed by atoms with Gasteiger partial charge in [0.25, 0.3) is 0 Å². The number of benzene rings is 4. The molecule has 0 radical (unpaired) electrons. The summed E-state index contributed by atoms with van der Waals surface area (Å²) in [5, 5.41) is 9.25. The van der Waals surface area contributed by atoms with Crippen LogP contribution >= 0.6 is 0 Å². The van der Waals surface area contributed by atoms with Gasteiger partial charge in [-0.25, -0.2) is 0 Å². The molecular weight excluding hydrogens is 741 g/mol. The highest BCUT2D eigenvalue weighted by atomic mass is 16.6. The molecule has 2 saturated carbocycles. The van der Waals surface area contributed by atoms with Crippen LogP contribution in [-0.2, 0) is 25.0 Å². The van der Waals surface area contributed by atoms with Gasteiger partial charge in [-0.3, -0.25) is 0 Å². The van der Waals surface area contributed by atoms with E-state index < -0.39 is 0 Å². The third-order valence-corrected chi connectivity index (χ3v) is 14.5. The Hall–Kier alpha value is -4.08. The van der Waals surface area contributed by atoms with Gasteiger partial charge in [-0.2, -0.15) is 0 Å². The van der Waals surface area contributed by atoms with Crippen molar-refractivity contribution >= 4 is 0 Å². The van der Waals surface area contributed by atoms with Crippen LogP contribution in [0, 0.1) is 17.3 Å². The zero-order valence-electron chi connectivity index (χ0n) is 35.0. The lowest BCUT2D eigenvalue weighted by molar-refractivity contribution is 0.0364. The molecule has 5 aliphatic rings. The maximum atomic E-state index is 9.25. The maximum Gasteiger partial charge on any atom is 0.119 e. The van der Waals surface area contributed by atoms with E-state index in [9.17, 15) is 5.11 Å². The van der Waals surface area contributed by atoms with E-state index >= 15 is 0 Å². The Bertz CT molecular complexity index is 1870. The van der Waals surface area contributed by atoms with Crippen LogP contribution in [0.5, 0.6) is 23.0 Å². The van der Waals surface area contributed by atoms with Crippen molar-refractivity contribution in [3.8, 4) is 23.0 Å². The molecular formula is C51H62O8. The molecule has 2 unspecified atom stereocenters. The molecule has 3 atom stereocenters. The van der Waals surface area contributed by atoms with Crippen LogP contribution < -0.4 is 18.9 Å². The van der Waals surface area contributed by atoms with Gasteiger partial charge in [-0.15, -0.1) is 0 Å². The van der Waals surface area contributed by atoms with Crippen LogP contribution in [0.1, 0.15) is 93.9 Å². The molecule has 8 heteroatoms. The van der Waals surface area contributed by atoms with Gasteiger partial charge in [0.15, 0.2) is 0 Å². The molecule has 0 bridgehead atoms. The molecule has 8 nitrogen and oxygen atoms in total. The second-order valence-corrected chi connectivity index (χ2v) is 18.4. The largest absolute Gasteiger partial charge is 0.494 e. The van der Waals surface area contributed by atoms with Crippen molar-refractivity contribution in [3.63, 3.8) is 0 Å². The van der Waals surface area contributed by atoms with Gasteiger partial charge in [-0.1, -0.05) is 62.4 Å². The number of ether oxygens (including phenoxy) is 7. The Morgan fingerprint density at radius 3 is 1.05 bits per heavy atom. The molecule has 2 aliphatic carbocycles. The van der Waals surface area contributed by atoms with Gasteiger partial charge in [0.1, 0.15) is 61.1 Å². The zero-order valence-corrected chi connectivity index (χ0v) is 35.0. The van der Waals surface area contributed by atoms with Crippen LogP contribution in [-0.4, -0.2) is 76.3 Å². The molecule has 59 heavy (non-hydrogen) atoms. The molecule has 3 saturated heterocycles. The molecule has 0 amide bonds. The predicted molar refractivity (Wildman–Crippen MR) is 228 cm³/mol. The monoisotopic (exact) mass is 802 g/mol. The highest BCUT2D eigenvalue weighted by Gasteiger charge is 2.48. The Morgan fingerprint density at radius 2 is 0.780 bits per heavy atom. The quantitative estimate of drug-likeness (QED) is 0.0741. The summed E-state index contributed by atoms with van der Waals surface area (Å²) in [6.07, 6.45) is 10.5. The molecule has 314 valence electrons. The maximum absolute atomic E-state index is 9.25. The van der Waals surface area contributed by atoms with Crippen molar-refractivity contribution in [2.75, 3.05) is 52.9 Å². The molecule has 4 aromatic carbocycles. The van der Waals surface area contributed by atoms with Crippen LogP contribution in [0.25, 0.3) is 0 Å². The molecule has 9 rings (SSSR count). The first kappa shape index (κ1) is 40.3. The molecule has 3 aliphatic heterocycles. The lowest BCUT2D eigenvalue weighted by Crippen LogP contribution is -2.43. The number of aliphatic hydroxyl groups excluding tert-OH is 1. The van der Waals surface area contributed by atoms with E-state index in [2.05, 4.69) is 111 Å². The Balaban J connectivity index is 0.910. The van der Waals surface area contributed by atoms with E-state index in [1.807, 2.05) is 0 Å². The summed E-state index contributed by atoms with van der Waals surface area (Å²) in [5.41, 5.74) is 5.49. The second-order valence-electron chi connectivity index (χ2n) is 18.4. The lowest BCUT2D eigenvalue weighted by Gasteiger charge is -2.51. The summed E-state index contributed by atoms with van der Waals surface area (Å²) in [4.78, 5) is 0. The summed E-state index contributed by atoms with van der Waals surface area (Å²) >= 11 is 0. The van der Waals surface area contributed by atoms with Crippen molar-refractivity contribution in [3.05, 3.63) is 119 Å². The average Bonchev–Trinajstić information content (AvgIpc) is 4.13. The predicted octanol–water partition coefficient (Wildman–Crippen LogP) is 9.46. The van der Waals surface area contributed by atoms with Gasteiger partial charge in [0, 0.05) is 23.9 Å². The number of hydrogen-bond donors (Lipinski definition) is 1. The Labute approximate surface area is 350 Å². The third kappa shape index (κ3) is 9.31. The third-order valence-electron chi connectivity index (χ3n) is 14.5. The van der Waals surface area contributed by atoms with E-state index in [1.54, 1.807) is 0 Å². The SMILES string of the molecule is CC(C)(C1CCC(c2ccc(OCC3CO3)cc2)(c2ccc(OCC3CO3)cc2)CC1)C1CCC(c2ccc(OCCCO)cc2)(c2ccc(OC[C@H]3CO3)cc2)CC1. The minimum Gasteiger partial charge on any atom is -0.494 e. The number of aliphatic hydroxyl groups is 1. The smallest absolute Gasteiger partial charge is 0.119 e. The fraction of sp³-hybridized carbons (Fsp3) is 0.529. The fourth-order valence-corrected chi connectivity index (χ4v) is 10.3. The molecule has 5 fully saturated rings. The molecule has 1 N–H and O–H groups in total. The van der Waals surface area contributed by atoms with Crippen molar-refractivity contribution < 1.29 is 38.3 Å². The molecule has 3 heterocycles. The van der Waals surface area contributed by atoms with Gasteiger partial charge in [-0.05, 0) is 139 Å². The van der Waals surface area contributed by atoms with Gasteiger partial charge < -0.3 is 38.3 Å². The van der Waals surface area contributed by atoms with E-state index in [1.165, 1.54) is 47.9 Å². The van der Waals surface area contributed by atoms with E-state index in [0.29, 0.717) is 44.7 Å². The molecule has 0 aromatic heterocycles. The number of epoxide rings is 3. The Kier molecular flexibility index (Phi) is 12.0. The first-order chi connectivity index (χ1) is 28.8. The van der Waals surface area contributed by atoms with Gasteiger partial charge in [0.2, 0.25) is 0 Å². The highest BCUT2D eigenvalue weighted by Crippen LogP contribution is 2.57. The average molecular weight is 803 g/mol. The van der Waals surface area contributed by atoms with Crippen LogP contribution in [0.4, 0.5) is 0 Å². The Morgan fingerprint density at radius 1 is 0.492 bits per heavy atom. The zero-order chi connectivity index (χ0) is 40.3. The first-order valence-corrected chi connectivity index (χ1v) is 22.2. The first-order valence-electron chi connectivity index (χ1n) is 22.2. The van der Waals surface area contributed by atoms with E-state index in [0.717, 1.165) is 68.5 Å². The van der Waals surface area contributed by atoms with Crippen LogP contribution in [0.2, 0.25) is 0 Å². The standard InChI is InChI=1S/C51H62O8/c1-49(2,36-20-24-50(25-21-36,38-4-12-42(13-5-38)53-29-3-28-52)39-6-14-43(15-7-39)54-30-46-33-57-46)37-22-26-51(27-23-37,40-8-16-44(17-9-40)55-31-47-34-58-47)41-10-18-45(19-11-41)56-32-48-35-59-48/h4-19,36-37,46-48,52H,3,20-35H2,1-2H3/t36?,37?,46-,47?,48?,50?,51?/m0/s1. The van der Waals surface area contributed by atoms with E-state index in [4.69, 9.17) is 33.2 Å². The van der Waals surface area contributed by atoms with Gasteiger partial charge >= 0.3 is 0 Å². The second kappa shape index (κ2) is 17.5. The van der Waals surface area contributed by atoms with Crippen LogP contribution in [0.15, 0.2) is 97.1 Å². The van der Waals surface area contributed by atoms with Crippen molar-refractivity contribution in [2.45, 2.75) is 101 Å². The van der Waals surface area contributed by atoms with Crippen molar-refractivity contribution in [1.82, 2.24) is 0 Å². The normalized spacial score (nSPS) is 28.7. The van der Waals surface area contributed by atoms with Crippen molar-refractivity contribution in [1.29, 1.82) is 0 Å². The highest BCUT2D eigenvalue weighted by molar-refractivity contribution is 5.46. The van der Waals surface area contributed by atoms with E-state index in [-0.39, 0.29) is 41.2 Å². The summed E-state index contributed by atoms with van der Waals surface area (Å²) in [7, 11) is 0. The summed E-state index contributed by atoms with van der Waals surface area (Å²) < 4.78 is 40.2. The summed E-state index contributed by atoms with van der Waals surface area (Å²) in [6.45, 7) is 10.0. The minimum atomic E-state index is -0.0841. The minimum absolute atomic E-state index is 0.0693. The molecule has 4 aromatic rings.